The van der Waals surface area contributed by atoms with Crippen molar-refractivity contribution in [3.8, 4) is 28.6 Å². The second-order valence-electron chi connectivity index (χ2n) is 9.70. The number of hydrogen-bond donors (Lipinski definition) is 2. The minimum atomic E-state index is -0.534. The summed E-state index contributed by atoms with van der Waals surface area (Å²) in [7, 11) is 0. The quantitative estimate of drug-likeness (QED) is 0.556. The summed E-state index contributed by atoms with van der Waals surface area (Å²) in [5.41, 5.74) is 4.15. The van der Waals surface area contributed by atoms with E-state index >= 15 is 0 Å². The highest BCUT2D eigenvalue weighted by atomic mass is 16.6. The molecule has 9 nitrogen and oxygen atoms in total. The van der Waals surface area contributed by atoms with Crippen molar-refractivity contribution < 1.29 is 14.3 Å². The highest BCUT2D eigenvalue weighted by molar-refractivity contribution is 5.89. The topological polar surface area (TPSA) is 114 Å². The van der Waals surface area contributed by atoms with Crippen molar-refractivity contribution in [1.82, 2.24) is 14.9 Å². The first-order chi connectivity index (χ1) is 17.1. The van der Waals surface area contributed by atoms with Crippen LogP contribution in [0.5, 0.6) is 0 Å². The minimum absolute atomic E-state index is 0.120. The molecule has 2 aromatic heterocycles. The number of carbonyl (C=O) groups is 2. The summed E-state index contributed by atoms with van der Waals surface area (Å²) in [6.07, 6.45) is 1.42. The number of anilines is 2. The molecule has 1 fully saturated rings. The number of amides is 2. The van der Waals surface area contributed by atoms with Crippen LogP contribution in [-0.4, -0.2) is 58.6 Å². The number of benzene rings is 1. The van der Waals surface area contributed by atoms with Crippen LogP contribution in [0.15, 0.2) is 48.7 Å². The smallest absolute Gasteiger partial charge is 0.410 e. The maximum absolute atomic E-state index is 12.4. The molecule has 2 amide bonds. The molecule has 4 rings (SSSR count). The van der Waals surface area contributed by atoms with E-state index in [-0.39, 0.29) is 12.0 Å². The predicted octanol–water partition coefficient (Wildman–Crippen LogP) is 4.63. The van der Waals surface area contributed by atoms with Gasteiger partial charge in [-0.25, -0.2) is 4.79 Å². The first-order valence-corrected chi connectivity index (χ1v) is 11.8. The van der Waals surface area contributed by atoms with Gasteiger partial charge in [0.25, 0.3) is 0 Å². The molecule has 0 unspecified atom stereocenters. The van der Waals surface area contributed by atoms with E-state index < -0.39 is 5.60 Å². The fourth-order valence-electron chi connectivity index (χ4n) is 4.06. The molecule has 3 heterocycles. The van der Waals surface area contributed by atoms with Gasteiger partial charge >= 0.3 is 6.09 Å². The second-order valence-corrected chi connectivity index (χ2v) is 9.70. The lowest BCUT2D eigenvalue weighted by molar-refractivity contribution is -0.114. The van der Waals surface area contributed by atoms with E-state index in [9.17, 15) is 14.9 Å². The molecule has 0 spiro atoms. The molecule has 1 aromatic carbocycles. The molecule has 186 valence electrons. The fraction of sp³-hybridized carbons (Fsp3) is 0.333. The Labute approximate surface area is 210 Å². The van der Waals surface area contributed by atoms with Crippen molar-refractivity contribution in [1.29, 1.82) is 5.26 Å². The zero-order valence-corrected chi connectivity index (χ0v) is 21.0. The standard InChI is InChI=1S/C27H30N6O3/c1-18(34)30-22-7-5-19(6-8-22)23-15-20(9-10-29-23)24-16-21(17-28)25(31-24)32-11-13-33(14-12-32)26(35)36-27(2,3)4/h5-10,15-16,31H,11-14H2,1-4H3,(H,30,34). The monoisotopic (exact) mass is 486 g/mol. The molecule has 0 aliphatic carbocycles. The maximum atomic E-state index is 12.4. The molecule has 2 N–H and O–H groups in total. The van der Waals surface area contributed by atoms with E-state index in [1.165, 1.54) is 6.92 Å². The van der Waals surface area contributed by atoms with Crippen LogP contribution in [0.1, 0.15) is 33.3 Å². The van der Waals surface area contributed by atoms with Gasteiger partial charge in [-0.1, -0.05) is 12.1 Å². The van der Waals surface area contributed by atoms with Gasteiger partial charge in [0.1, 0.15) is 17.5 Å². The van der Waals surface area contributed by atoms with Crippen molar-refractivity contribution in [2.45, 2.75) is 33.3 Å². The Morgan fingerprint density at radius 1 is 1.06 bits per heavy atom. The van der Waals surface area contributed by atoms with Gasteiger partial charge in [0.15, 0.2) is 0 Å². The number of carbonyl (C=O) groups excluding carboxylic acids is 2. The number of ether oxygens (including phenoxy) is 1. The van der Waals surface area contributed by atoms with Gasteiger partial charge in [-0.05, 0) is 51.1 Å². The number of nitrogens with one attached hydrogen (secondary N) is 2. The molecule has 3 aromatic rings. The lowest BCUT2D eigenvalue weighted by Gasteiger charge is -2.36. The number of nitriles is 1. The van der Waals surface area contributed by atoms with Crippen LogP contribution in [-0.2, 0) is 9.53 Å². The number of hydrogen-bond acceptors (Lipinski definition) is 6. The van der Waals surface area contributed by atoms with Crippen LogP contribution >= 0.6 is 0 Å². The molecular formula is C27H30N6O3. The van der Waals surface area contributed by atoms with Crippen LogP contribution in [0.4, 0.5) is 16.3 Å². The van der Waals surface area contributed by atoms with Gasteiger partial charge in [0.05, 0.1) is 11.3 Å². The maximum Gasteiger partial charge on any atom is 0.410 e. The molecule has 1 saturated heterocycles. The lowest BCUT2D eigenvalue weighted by atomic mass is 10.1. The van der Waals surface area contributed by atoms with E-state index in [1.807, 2.05) is 63.2 Å². The summed E-state index contributed by atoms with van der Waals surface area (Å²) in [4.78, 5) is 35.3. The van der Waals surface area contributed by atoms with Gasteiger partial charge in [-0.15, -0.1) is 0 Å². The summed E-state index contributed by atoms with van der Waals surface area (Å²) >= 11 is 0. The van der Waals surface area contributed by atoms with Crippen LogP contribution in [0.25, 0.3) is 22.5 Å². The Hall–Kier alpha value is -4.32. The van der Waals surface area contributed by atoms with Gasteiger partial charge in [0, 0.05) is 61.8 Å². The first-order valence-electron chi connectivity index (χ1n) is 11.8. The fourth-order valence-corrected chi connectivity index (χ4v) is 4.06. The van der Waals surface area contributed by atoms with E-state index in [0.717, 1.165) is 34.0 Å². The average molecular weight is 487 g/mol. The van der Waals surface area contributed by atoms with Gasteiger partial charge in [-0.2, -0.15) is 5.26 Å². The van der Waals surface area contributed by atoms with Crippen molar-refractivity contribution in [3.63, 3.8) is 0 Å². The van der Waals surface area contributed by atoms with Crippen LogP contribution in [0, 0.1) is 11.3 Å². The highest BCUT2D eigenvalue weighted by Crippen LogP contribution is 2.30. The lowest BCUT2D eigenvalue weighted by Crippen LogP contribution is -2.50. The number of pyridine rings is 1. The first kappa shape index (κ1) is 24.8. The third kappa shape index (κ3) is 5.84. The SMILES string of the molecule is CC(=O)Nc1ccc(-c2cc(-c3cc(C#N)c(N4CCN(C(=O)OC(C)(C)C)CC4)[nH]3)ccn2)cc1. The molecule has 0 atom stereocenters. The largest absolute Gasteiger partial charge is 0.444 e. The Bertz CT molecular complexity index is 1290. The van der Waals surface area contributed by atoms with E-state index in [1.54, 1.807) is 11.1 Å². The van der Waals surface area contributed by atoms with E-state index in [2.05, 4.69) is 26.3 Å². The third-order valence-corrected chi connectivity index (χ3v) is 5.74. The zero-order chi connectivity index (χ0) is 25.9. The van der Waals surface area contributed by atoms with Crippen molar-refractivity contribution in [2.24, 2.45) is 0 Å². The highest BCUT2D eigenvalue weighted by Gasteiger charge is 2.27. The van der Waals surface area contributed by atoms with Gasteiger partial charge in [0.2, 0.25) is 5.91 Å². The van der Waals surface area contributed by atoms with Crippen LogP contribution in [0.3, 0.4) is 0 Å². The van der Waals surface area contributed by atoms with Crippen LogP contribution < -0.4 is 10.2 Å². The number of rotatable bonds is 4. The van der Waals surface area contributed by atoms with Crippen molar-refractivity contribution in [2.75, 3.05) is 36.4 Å². The second kappa shape index (κ2) is 10.1. The summed E-state index contributed by atoms with van der Waals surface area (Å²) < 4.78 is 5.48. The van der Waals surface area contributed by atoms with E-state index in [0.29, 0.717) is 31.7 Å². The molecule has 0 saturated carbocycles. The molecule has 9 heteroatoms. The van der Waals surface area contributed by atoms with E-state index in [4.69, 9.17) is 4.74 Å². The Morgan fingerprint density at radius 2 is 1.75 bits per heavy atom. The average Bonchev–Trinajstić information content (AvgIpc) is 3.28. The molecule has 1 aliphatic rings. The van der Waals surface area contributed by atoms with Crippen molar-refractivity contribution >= 4 is 23.5 Å². The Balaban J connectivity index is 1.50. The molecule has 0 bridgehead atoms. The summed E-state index contributed by atoms with van der Waals surface area (Å²) in [5.74, 6) is 0.624. The predicted molar refractivity (Wildman–Crippen MR) is 138 cm³/mol. The summed E-state index contributed by atoms with van der Waals surface area (Å²) in [6, 6.07) is 15.5. The zero-order valence-electron chi connectivity index (χ0n) is 21.0. The molecular weight excluding hydrogens is 456 g/mol. The number of H-pyrrole nitrogens is 1. The molecule has 0 radical (unpaired) electrons. The van der Waals surface area contributed by atoms with Gasteiger partial charge in [-0.3, -0.25) is 9.78 Å². The summed E-state index contributed by atoms with van der Waals surface area (Å²) in [5, 5.41) is 12.5. The Kier molecular flexibility index (Phi) is 6.97. The Morgan fingerprint density at radius 3 is 2.36 bits per heavy atom. The number of aromatic nitrogens is 2. The number of nitrogens with zero attached hydrogens (tertiary/aromatic N) is 4. The third-order valence-electron chi connectivity index (χ3n) is 5.74. The van der Waals surface area contributed by atoms with Crippen LogP contribution in [0.2, 0.25) is 0 Å². The molecule has 1 aliphatic heterocycles. The summed E-state index contributed by atoms with van der Waals surface area (Å²) in [6.45, 7) is 9.25. The minimum Gasteiger partial charge on any atom is -0.444 e. The number of piperazine rings is 1. The normalized spacial score (nSPS) is 13.8. The van der Waals surface area contributed by atoms with Gasteiger partial charge < -0.3 is 24.8 Å². The van der Waals surface area contributed by atoms with Crippen molar-refractivity contribution in [3.05, 3.63) is 54.2 Å². The number of aromatic amines is 1. The molecule has 36 heavy (non-hydrogen) atoms.